The second-order valence-corrected chi connectivity index (χ2v) is 13.1. The van der Waals surface area contributed by atoms with E-state index >= 15 is 0 Å². The summed E-state index contributed by atoms with van der Waals surface area (Å²) >= 11 is 0. The molecule has 1 aromatic carbocycles. The van der Waals surface area contributed by atoms with Crippen molar-refractivity contribution in [1.29, 1.82) is 0 Å². The number of cyclic esters (lactones) is 1. The summed E-state index contributed by atoms with van der Waals surface area (Å²) in [5.74, 6) is -3.17. The smallest absolute Gasteiger partial charge is 0.475 e. The average Bonchev–Trinajstić information content (AvgIpc) is 3.40. The fourth-order valence-corrected chi connectivity index (χ4v) is 7.53. The molecule has 2 aromatic heterocycles. The maximum absolute atomic E-state index is 13.6. The van der Waals surface area contributed by atoms with E-state index in [2.05, 4.69) is 4.90 Å². The lowest BCUT2D eigenvalue weighted by Gasteiger charge is -2.39. The molecule has 0 bridgehead atoms. The summed E-state index contributed by atoms with van der Waals surface area (Å²) in [5.41, 5.74) is 0.453. The Morgan fingerprint density at radius 1 is 1.06 bits per heavy atom. The molecule has 0 radical (unpaired) electrons. The summed E-state index contributed by atoms with van der Waals surface area (Å²) in [6.45, 7) is 6.94. The number of ether oxygens (including phenoxy) is 2. The zero-order valence-corrected chi connectivity index (χ0v) is 28.2. The Bertz CT molecular complexity index is 1930. The molecule has 2 fully saturated rings. The van der Waals surface area contributed by atoms with E-state index in [4.69, 9.17) is 24.4 Å². The molecule has 0 spiro atoms. The number of piperidine rings is 2. The van der Waals surface area contributed by atoms with Crippen LogP contribution >= 0.6 is 0 Å². The zero-order chi connectivity index (χ0) is 36.8. The minimum Gasteiger partial charge on any atom is -0.475 e. The normalized spacial score (nSPS) is 22.0. The molecular formula is C35H39F3N4O9. The van der Waals surface area contributed by atoms with Gasteiger partial charge in [0.2, 0.25) is 0 Å². The van der Waals surface area contributed by atoms with Crippen molar-refractivity contribution in [3.63, 3.8) is 0 Å². The minimum absolute atomic E-state index is 0.0282. The Kier molecular flexibility index (Phi) is 9.87. The number of carbonyl (C=O) groups excluding carboxylic acids is 2. The summed E-state index contributed by atoms with van der Waals surface area (Å²) in [4.78, 5) is 57.3. The van der Waals surface area contributed by atoms with E-state index in [1.165, 1.54) is 23.8 Å². The highest BCUT2D eigenvalue weighted by Gasteiger charge is 2.46. The number of carbonyl (C=O) groups is 3. The number of aliphatic hydroxyl groups is 2. The fraction of sp³-hybridized carbons (Fsp3) is 0.514. The number of aliphatic hydroxyl groups excluding tert-OH is 1. The highest BCUT2D eigenvalue weighted by molar-refractivity contribution is 5.90. The third-order valence-corrected chi connectivity index (χ3v) is 10.3. The predicted molar refractivity (Wildman–Crippen MR) is 175 cm³/mol. The van der Waals surface area contributed by atoms with Crippen LogP contribution in [0, 0.1) is 0 Å². The quantitative estimate of drug-likeness (QED) is 0.331. The number of rotatable bonds is 4. The first kappa shape index (κ1) is 36.3. The van der Waals surface area contributed by atoms with Crippen molar-refractivity contribution in [2.75, 3.05) is 26.2 Å². The lowest BCUT2D eigenvalue weighted by molar-refractivity contribution is -0.192. The highest BCUT2D eigenvalue weighted by Crippen LogP contribution is 2.44. The van der Waals surface area contributed by atoms with Crippen molar-refractivity contribution < 1.29 is 52.3 Å². The van der Waals surface area contributed by atoms with Crippen LogP contribution in [0.4, 0.5) is 18.0 Å². The van der Waals surface area contributed by atoms with Crippen LogP contribution in [0.3, 0.4) is 0 Å². The summed E-state index contributed by atoms with van der Waals surface area (Å²) < 4.78 is 44.0. The van der Waals surface area contributed by atoms with Gasteiger partial charge in [-0.3, -0.25) is 9.36 Å². The monoisotopic (exact) mass is 716 g/mol. The summed E-state index contributed by atoms with van der Waals surface area (Å²) in [6, 6.07) is 7.35. The number of halogens is 3. The van der Waals surface area contributed by atoms with Crippen molar-refractivity contribution in [3.8, 4) is 17.1 Å². The number of hydrogen-bond acceptors (Lipinski definition) is 10. The molecule has 51 heavy (non-hydrogen) atoms. The SMILES string of the molecule is CCc1c2c(nc3ccc(OC(=O)N4CCC(N5CCCCC5)CC4)cc13)-c1cc3c(c(=O)n1C2O)COC(=O)[C@]3(O)CC.O=C(O)C(F)(F)F. The Balaban J connectivity index is 0.000000582. The van der Waals surface area contributed by atoms with Gasteiger partial charge < -0.3 is 34.6 Å². The number of fused-ring (bicyclic) bond motifs is 5. The van der Waals surface area contributed by atoms with E-state index in [0.717, 1.165) is 31.5 Å². The van der Waals surface area contributed by atoms with Crippen LogP contribution in [-0.2, 0) is 33.0 Å². The van der Waals surface area contributed by atoms with Crippen LogP contribution in [0.5, 0.6) is 5.75 Å². The van der Waals surface area contributed by atoms with Crippen molar-refractivity contribution in [1.82, 2.24) is 19.4 Å². The molecule has 7 rings (SSSR count). The molecule has 1 unspecified atom stereocenters. The van der Waals surface area contributed by atoms with Crippen molar-refractivity contribution in [2.45, 2.75) is 89.4 Å². The van der Waals surface area contributed by atoms with Crippen LogP contribution in [0.2, 0.25) is 0 Å². The molecule has 4 aliphatic rings. The second kappa shape index (κ2) is 13.9. The van der Waals surface area contributed by atoms with E-state index in [1.54, 1.807) is 36.1 Å². The van der Waals surface area contributed by atoms with Gasteiger partial charge in [0.1, 0.15) is 12.4 Å². The molecule has 274 valence electrons. The molecule has 2 saturated heterocycles. The van der Waals surface area contributed by atoms with Gasteiger partial charge in [-0.1, -0.05) is 20.3 Å². The number of likely N-dealkylation sites (tertiary alicyclic amines) is 2. The first-order valence-corrected chi connectivity index (χ1v) is 17.0. The average molecular weight is 717 g/mol. The number of aromatic nitrogens is 2. The summed E-state index contributed by atoms with van der Waals surface area (Å²) in [7, 11) is 0. The number of aliphatic carboxylic acids is 1. The molecule has 3 aromatic rings. The van der Waals surface area contributed by atoms with Crippen LogP contribution in [-0.4, -0.2) is 91.1 Å². The summed E-state index contributed by atoms with van der Waals surface area (Å²) in [6.07, 6.45) is -0.533. The zero-order valence-electron chi connectivity index (χ0n) is 28.2. The van der Waals surface area contributed by atoms with Gasteiger partial charge in [-0.15, -0.1) is 0 Å². The first-order valence-electron chi connectivity index (χ1n) is 17.0. The van der Waals surface area contributed by atoms with Gasteiger partial charge in [0.15, 0.2) is 11.8 Å². The van der Waals surface area contributed by atoms with Gasteiger partial charge in [-0.2, -0.15) is 13.2 Å². The third-order valence-electron chi connectivity index (χ3n) is 10.3. The number of carboxylic acid groups (broad SMARTS) is 1. The Morgan fingerprint density at radius 3 is 2.33 bits per heavy atom. The van der Waals surface area contributed by atoms with E-state index < -0.39 is 35.5 Å². The van der Waals surface area contributed by atoms with E-state index in [-0.39, 0.29) is 30.2 Å². The van der Waals surface area contributed by atoms with Gasteiger partial charge in [-0.05, 0) is 81.4 Å². The van der Waals surface area contributed by atoms with Crippen molar-refractivity contribution in [3.05, 3.63) is 56.9 Å². The van der Waals surface area contributed by atoms with Crippen molar-refractivity contribution >= 4 is 28.9 Å². The number of benzene rings is 1. The van der Waals surface area contributed by atoms with Gasteiger partial charge >= 0.3 is 24.2 Å². The molecule has 1 amide bonds. The van der Waals surface area contributed by atoms with E-state index in [0.29, 0.717) is 59.2 Å². The number of pyridine rings is 2. The van der Waals surface area contributed by atoms with Gasteiger partial charge in [0.05, 0.1) is 22.5 Å². The fourth-order valence-electron chi connectivity index (χ4n) is 7.53. The molecule has 4 aliphatic heterocycles. The number of esters is 1. The molecule has 2 atom stereocenters. The number of aryl methyl sites for hydroxylation is 1. The van der Waals surface area contributed by atoms with Crippen LogP contribution in [0.25, 0.3) is 22.3 Å². The van der Waals surface area contributed by atoms with Gasteiger partial charge in [-0.25, -0.2) is 19.4 Å². The largest absolute Gasteiger partial charge is 0.490 e. The predicted octanol–water partition coefficient (Wildman–Crippen LogP) is 4.22. The second-order valence-electron chi connectivity index (χ2n) is 13.1. The number of carboxylic acids is 1. The topological polar surface area (TPSA) is 172 Å². The molecular weight excluding hydrogens is 677 g/mol. The molecule has 0 saturated carbocycles. The van der Waals surface area contributed by atoms with Gasteiger partial charge in [0.25, 0.3) is 5.56 Å². The maximum Gasteiger partial charge on any atom is 0.490 e. The van der Waals surface area contributed by atoms with Crippen LogP contribution in [0.1, 0.15) is 80.9 Å². The summed E-state index contributed by atoms with van der Waals surface area (Å²) in [5, 5.41) is 30.5. The van der Waals surface area contributed by atoms with Gasteiger partial charge in [0, 0.05) is 35.6 Å². The molecule has 13 nitrogen and oxygen atoms in total. The third kappa shape index (κ3) is 6.55. The molecule has 6 heterocycles. The maximum atomic E-state index is 13.6. The number of amides is 1. The number of nitrogens with zero attached hydrogens (tertiary/aromatic N) is 4. The van der Waals surface area contributed by atoms with E-state index in [9.17, 15) is 37.8 Å². The molecule has 3 N–H and O–H groups in total. The highest BCUT2D eigenvalue weighted by atomic mass is 19.4. The van der Waals surface area contributed by atoms with E-state index in [1.807, 2.05) is 6.92 Å². The molecule has 0 aliphatic carbocycles. The minimum atomic E-state index is -5.08. The number of alkyl halides is 3. The van der Waals surface area contributed by atoms with Crippen molar-refractivity contribution in [2.24, 2.45) is 0 Å². The first-order chi connectivity index (χ1) is 24.2. The Labute approximate surface area is 290 Å². The standard InChI is InChI=1S/C33H38N4O7.C2HF3O2/c1-3-21-22-16-20(44-32(41)36-14-10-19(11-15-36)35-12-6-5-7-13-35)8-9-25(22)34-28-26-17-24-23(18-43-31(40)33(24,42)4-2)29(38)37(26)30(39)27(21)28;3-2(4,5)1(6)7/h8-9,16-17,19,30,39,42H,3-7,10-15,18H2,1-2H3;(H,6,7)/t30?,33-;/m0./s1. The lowest BCUT2D eigenvalue weighted by atomic mass is 9.86. The lowest BCUT2D eigenvalue weighted by Crippen LogP contribution is -2.48. The molecule has 16 heteroatoms. The van der Waals surface area contributed by atoms with Crippen LogP contribution in [0.15, 0.2) is 29.1 Å². The number of hydrogen-bond donors (Lipinski definition) is 3. The Morgan fingerprint density at radius 2 is 1.73 bits per heavy atom. The van der Waals surface area contributed by atoms with Crippen LogP contribution < -0.4 is 10.3 Å². The Hall–Kier alpha value is -4.54.